The number of rotatable bonds is 14. The van der Waals surface area contributed by atoms with E-state index in [1.807, 2.05) is 85.8 Å². The molecule has 39 heavy (non-hydrogen) atoms. The van der Waals surface area contributed by atoms with Gasteiger partial charge < -0.3 is 24.1 Å². The SMILES string of the molecule is CCCOC(C)(OC)Oc1ccc(C=CC=Cc2ccc(OC(C)(C)Cc3ccc(C=CO)cc3)cc2)cc1. The predicted octanol–water partition coefficient (Wildman–Crippen LogP) is 8.47. The molecule has 3 aromatic carbocycles. The minimum Gasteiger partial charge on any atom is -0.516 e. The van der Waals surface area contributed by atoms with Gasteiger partial charge in [0.05, 0.1) is 12.9 Å². The lowest BCUT2D eigenvalue weighted by atomic mass is 9.97. The summed E-state index contributed by atoms with van der Waals surface area (Å²) in [7, 11) is 1.57. The summed E-state index contributed by atoms with van der Waals surface area (Å²) in [6.45, 7) is 8.54. The number of allylic oxidation sites excluding steroid dienone is 2. The Balaban J connectivity index is 1.51. The van der Waals surface area contributed by atoms with Crippen molar-refractivity contribution in [2.75, 3.05) is 13.7 Å². The van der Waals surface area contributed by atoms with Crippen LogP contribution in [0.2, 0.25) is 0 Å². The maximum atomic E-state index is 8.91. The fraction of sp³-hybridized carbons (Fsp3) is 0.294. The number of methoxy groups -OCH3 is 1. The van der Waals surface area contributed by atoms with Gasteiger partial charge in [0.25, 0.3) is 0 Å². The van der Waals surface area contributed by atoms with Crippen molar-refractivity contribution in [1.82, 2.24) is 0 Å². The number of aliphatic hydroxyl groups is 1. The highest BCUT2D eigenvalue weighted by atomic mass is 16.9. The Morgan fingerprint density at radius 2 is 1.18 bits per heavy atom. The lowest BCUT2D eigenvalue weighted by Gasteiger charge is -2.28. The Labute approximate surface area is 233 Å². The second-order valence-corrected chi connectivity index (χ2v) is 9.97. The van der Waals surface area contributed by atoms with Crippen LogP contribution in [0, 0.1) is 0 Å². The quantitative estimate of drug-likeness (QED) is 0.129. The normalized spacial score (nSPS) is 13.8. The zero-order valence-electron chi connectivity index (χ0n) is 23.6. The second-order valence-electron chi connectivity index (χ2n) is 9.97. The van der Waals surface area contributed by atoms with Crippen molar-refractivity contribution in [2.24, 2.45) is 0 Å². The standard InChI is InChI=1S/C34H40O5/c1-6-25-37-34(4,36-5)39-32-21-17-28(18-22-32)10-8-7-9-27-15-19-31(20-16-27)38-33(2,3)26-30-13-11-29(12-14-30)23-24-35/h7-24,35H,6,25-26H2,1-5H3. The summed E-state index contributed by atoms with van der Waals surface area (Å²) in [6, 6.07) is 24.0. The van der Waals surface area contributed by atoms with Gasteiger partial charge in [-0.1, -0.05) is 79.8 Å². The molecular weight excluding hydrogens is 488 g/mol. The first-order valence-electron chi connectivity index (χ1n) is 13.3. The summed E-state index contributed by atoms with van der Waals surface area (Å²) in [6.07, 6.45) is 12.5. The molecule has 0 aromatic heterocycles. The molecule has 0 spiro atoms. The van der Waals surface area contributed by atoms with Crippen LogP contribution in [0.5, 0.6) is 11.5 Å². The van der Waals surface area contributed by atoms with Gasteiger partial charge >= 0.3 is 5.97 Å². The van der Waals surface area contributed by atoms with Crippen molar-refractivity contribution in [3.8, 4) is 11.5 Å². The molecule has 0 radical (unpaired) electrons. The molecule has 1 atom stereocenters. The molecule has 0 aliphatic heterocycles. The Bertz CT molecular complexity index is 1220. The Morgan fingerprint density at radius 3 is 1.67 bits per heavy atom. The number of aliphatic hydroxyl groups excluding tert-OH is 1. The van der Waals surface area contributed by atoms with Crippen LogP contribution in [0.25, 0.3) is 18.2 Å². The summed E-state index contributed by atoms with van der Waals surface area (Å²) in [5.41, 5.74) is 3.93. The van der Waals surface area contributed by atoms with Crippen LogP contribution in [-0.2, 0) is 15.9 Å². The summed E-state index contributed by atoms with van der Waals surface area (Å²) in [5, 5.41) is 8.91. The first-order chi connectivity index (χ1) is 18.7. The van der Waals surface area contributed by atoms with Crippen molar-refractivity contribution in [2.45, 2.75) is 52.1 Å². The number of hydrogen-bond acceptors (Lipinski definition) is 5. The van der Waals surface area contributed by atoms with Gasteiger partial charge in [-0.25, -0.2) is 0 Å². The van der Waals surface area contributed by atoms with E-state index in [1.54, 1.807) is 20.1 Å². The molecule has 3 rings (SSSR count). The Morgan fingerprint density at radius 1 is 0.692 bits per heavy atom. The van der Waals surface area contributed by atoms with Crippen molar-refractivity contribution in [1.29, 1.82) is 0 Å². The van der Waals surface area contributed by atoms with Gasteiger partial charge in [-0.2, -0.15) is 0 Å². The van der Waals surface area contributed by atoms with Crippen LogP contribution in [0.4, 0.5) is 0 Å². The molecule has 0 aliphatic rings. The van der Waals surface area contributed by atoms with Gasteiger partial charge in [-0.15, -0.1) is 0 Å². The molecule has 0 aliphatic carbocycles. The number of ether oxygens (including phenoxy) is 4. The summed E-state index contributed by atoms with van der Waals surface area (Å²) >= 11 is 0. The largest absolute Gasteiger partial charge is 0.516 e. The highest BCUT2D eigenvalue weighted by molar-refractivity contribution is 5.58. The first-order valence-corrected chi connectivity index (χ1v) is 13.3. The number of hydrogen-bond donors (Lipinski definition) is 1. The molecule has 0 heterocycles. The third-order valence-corrected chi connectivity index (χ3v) is 5.96. The molecule has 5 nitrogen and oxygen atoms in total. The lowest BCUT2D eigenvalue weighted by Crippen LogP contribution is -2.38. The summed E-state index contributed by atoms with van der Waals surface area (Å²) in [4.78, 5) is 0. The molecular formula is C34H40O5. The maximum Gasteiger partial charge on any atom is 0.323 e. The van der Waals surface area contributed by atoms with Gasteiger partial charge in [0, 0.05) is 20.5 Å². The van der Waals surface area contributed by atoms with Gasteiger partial charge in [0.2, 0.25) is 0 Å². The predicted molar refractivity (Wildman–Crippen MR) is 160 cm³/mol. The maximum absolute atomic E-state index is 8.91. The molecule has 0 amide bonds. The fourth-order valence-corrected chi connectivity index (χ4v) is 3.94. The number of benzene rings is 3. The van der Waals surface area contributed by atoms with E-state index in [4.69, 9.17) is 24.1 Å². The molecule has 206 valence electrons. The lowest BCUT2D eigenvalue weighted by molar-refractivity contribution is -0.321. The van der Waals surface area contributed by atoms with Gasteiger partial charge in [0.15, 0.2) is 0 Å². The van der Waals surface area contributed by atoms with Crippen LogP contribution in [0.3, 0.4) is 0 Å². The molecule has 0 bridgehead atoms. The zero-order chi connectivity index (χ0) is 28.1. The molecule has 0 saturated carbocycles. The van der Waals surface area contributed by atoms with E-state index in [0.29, 0.717) is 12.4 Å². The van der Waals surface area contributed by atoms with E-state index >= 15 is 0 Å². The van der Waals surface area contributed by atoms with Crippen LogP contribution in [0.1, 0.15) is 56.4 Å². The van der Waals surface area contributed by atoms with Crippen LogP contribution in [0.15, 0.2) is 91.2 Å². The fourth-order valence-electron chi connectivity index (χ4n) is 3.94. The van der Waals surface area contributed by atoms with Crippen LogP contribution >= 0.6 is 0 Å². The average Bonchev–Trinajstić information content (AvgIpc) is 2.92. The van der Waals surface area contributed by atoms with Crippen LogP contribution < -0.4 is 9.47 Å². The first kappa shape index (κ1) is 29.8. The van der Waals surface area contributed by atoms with Crippen molar-refractivity contribution < 1.29 is 24.1 Å². The third kappa shape index (κ3) is 10.1. The minimum atomic E-state index is -1.10. The van der Waals surface area contributed by atoms with E-state index in [0.717, 1.165) is 41.5 Å². The minimum absolute atomic E-state index is 0.361. The van der Waals surface area contributed by atoms with Gasteiger partial charge in [-0.3, -0.25) is 0 Å². The van der Waals surface area contributed by atoms with Crippen molar-refractivity contribution >= 4 is 18.2 Å². The Kier molecular flexibility index (Phi) is 11.0. The molecule has 5 heteroatoms. The summed E-state index contributed by atoms with van der Waals surface area (Å²) < 4.78 is 23.2. The zero-order valence-corrected chi connectivity index (χ0v) is 23.6. The van der Waals surface area contributed by atoms with E-state index in [9.17, 15) is 0 Å². The highest BCUT2D eigenvalue weighted by Crippen LogP contribution is 2.24. The molecule has 0 saturated heterocycles. The van der Waals surface area contributed by atoms with E-state index in [1.165, 1.54) is 5.56 Å². The smallest absolute Gasteiger partial charge is 0.323 e. The Hall–Kier alpha value is -3.80. The average molecular weight is 529 g/mol. The van der Waals surface area contributed by atoms with Crippen LogP contribution in [-0.4, -0.2) is 30.4 Å². The van der Waals surface area contributed by atoms with E-state index in [-0.39, 0.29) is 5.60 Å². The van der Waals surface area contributed by atoms with E-state index in [2.05, 4.69) is 32.1 Å². The third-order valence-electron chi connectivity index (χ3n) is 5.96. The molecule has 0 fully saturated rings. The topological polar surface area (TPSA) is 57.2 Å². The van der Waals surface area contributed by atoms with Gasteiger partial charge in [0.1, 0.15) is 17.1 Å². The molecule has 1 N–H and O–H groups in total. The van der Waals surface area contributed by atoms with Crippen molar-refractivity contribution in [3.05, 3.63) is 113 Å². The van der Waals surface area contributed by atoms with E-state index < -0.39 is 5.97 Å². The highest BCUT2D eigenvalue weighted by Gasteiger charge is 2.26. The molecule has 3 aromatic rings. The van der Waals surface area contributed by atoms with Gasteiger partial charge in [-0.05, 0) is 72.9 Å². The molecule has 1 unspecified atom stereocenters. The summed E-state index contributed by atoms with van der Waals surface area (Å²) in [5.74, 6) is 0.416. The monoisotopic (exact) mass is 528 g/mol. The second kappa shape index (κ2) is 14.4. The van der Waals surface area contributed by atoms with Crippen molar-refractivity contribution in [3.63, 3.8) is 0 Å².